The summed E-state index contributed by atoms with van der Waals surface area (Å²) < 4.78 is 16.2. The molecule has 4 rings (SSSR count). The topological polar surface area (TPSA) is 123 Å². The molecular weight excluding hydrogens is 394 g/mol. The van der Waals surface area contributed by atoms with Crippen LogP contribution in [0.4, 0.5) is 4.79 Å². The highest BCUT2D eigenvalue weighted by molar-refractivity contribution is 6.08. The lowest BCUT2D eigenvalue weighted by molar-refractivity contribution is -0.151. The Morgan fingerprint density at radius 1 is 1.20 bits per heavy atom. The monoisotopic (exact) mass is 417 g/mol. The standard InChI is InChI=1S/C20H23N3O7/c24-16(21-9-13-11-28-14-5-1-2-6-15(14)30-13)12-29-17(25)10-23-18(26)20(22-19(23)27)7-3-4-8-20/h1-2,5-6,13H,3-4,7-12H2,(H,21,24)(H,22,27)/t13-/m0/s1. The molecule has 0 radical (unpaired) electrons. The third-order valence-electron chi connectivity index (χ3n) is 5.45. The first-order valence-corrected chi connectivity index (χ1v) is 9.92. The SMILES string of the molecule is O=C(COC(=O)CN1C(=O)NC2(CCCC2)C1=O)NC[C@H]1COc2ccccc2O1. The predicted molar refractivity (Wildman–Crippen MR) is 102 cm³/mol. The maximum atomic E-state index is 12.5. The van der Waals surface area contributed by atoms with Gasteiger partial charge in [-0.15, -0.1) is 0 Å². The van der Waals surface area contributed by atoms with Gasteiger partial charge in [-0.1, -0.05) is 25.0 Å². The Labute approximate surface area is 172 Å². The fraction of sp³-hybridized carbons (Fsp3) is 0.500. The molecule has 1 saturated heterocycles. The lowest BCUT2D eigenvalue weighted by Gasteiger charge is -2.26. The van der Waals surface area contributed by atoms with Crippen molar-refractivity contribution in [1.29, 1.82) is 0 Å². The van der Waals surface area contributed by atoms with Crippen LogP contribution in [-0.2, 0) is 19.1 Å². The van der Waals surface area contributed by atoms with Gasteiger partial charge < -0.3 is 24.8 Å². The van der Waals surface area contributed by atoms with Crippen molar-refractivity contribution in [3.63, 3.8) is 0 Å². The van der Waals surface area contributed by atoms with E-state index in [0.29, 0.717) is 24.3 Å². The molecule has 160 valence electrons. The van der Waals surface area contributed by atoms with Crippen molar-refractivity contribution in [2.45, 2.75) is 37.3 Å². The molecule has 2 aliphatic heterocycles. The van der Waals surface area contributed by atoms with Crippen molar-refractivity contribution >= 4 is 23.8 Å². The van der Waals surface area contributed by atoms with Gasteiger partial charge in [0.1, 0.15) is 24.8 Å². The number of ether oxygens (including phenoxy) is 3. The van der Waals surface area contributed by atoms with Gasteiger partial charge in [0, 0.05) is 0 Å². The van der Waals surface area contributed by atoms with Crippen LogP contribution >= 0.6 is 0 Å². The Bertz CT molecular complexity index is 866. The van der Waals surface area contributed by atoms with Gasteiger partial charge in [-0.2, -0.15) is 0 Å². The molecule has 2 fully saturated rings. The quantitative estimate of drug-likeness (QED) is 0.506. The van der Waals surface area contributed by atoms with E-state index >= 15 is 0 Å². The highest BCUT2D eigenvalue weighted by Crippen LogP contribution is 2.35. The molecule has 4 amide bonds. The van der Waals surface area contributed by atoms with Gasteiger partial charge in [0.05, 0.1) is 6.54 Å². The number of benzene rings is 1. The minimum atomic E-state index is -0.880. The maximum Gasteiger partial charge on any atom is 0.326 e. The van der Waals surface area contributed by atoms with E-state index in [1.807, 2.05) is 12.1 Å². The Morgan fingerprint density at radius 2 is 1.93 bits per heavy atom. The number of carbonyl (C=O) groups is 4. The highest BCUT2D eigenvalue weighted by Gasteiger charge is 2.52. The average Bonchev–Trinajstić information content (AvgIpc) is 3.31. The van der Waals surface area contributed by atoms with E-state index in [4.69, 9.17) is 14.2 Å². The van der Waals surface area contributed by atoms with Gasteiger partial charge in [-0.3, -0.25) is 19.3 Å². The van der Waals surface area contributed by atoms with Gasteiger partial charge in [-0.05, 0) is 25.0 Å². The van der Waals surface area contributed by atoms with Crippen molar-refractivity contribution in [2.75, 3.05) is 26.3 Å². The number of carbonyl (C=O) groups excluding carboxylic acids is 4. The Kier molecular flexibility index (Phi) is 5.47. The van der Waals surface area contributed by atoms with E-state index in [-0.39, 0.29) is 19.3 Å². The number of fused-ring (bicyclic) bond motifs is 1. The maximum absolute atomic E-state index is 12.5. The Hall–Kier alpha value is -3.30. The van der Waals surface area contributed by atoms with Crippen LogP contribution < -0.4 is 20.1 Å². The number of nitrogens with zero attached hydrogens (tertiary/aromatic N) is 1. The van der Waals surface area contributed by atoms with Gasteiger partial charge in [0.15, 0.2) is 18.1 Å². The second-order valence-corrected chi connectivity index (χ2v) is 7.57. The molecular formula is C20H23N3O7. The summed E-state index contributed by atoms with van der Waals surface area (Å²) in [5, 5.41) is 5.30. The van der Waals surface area contributed by atoms with Crippen LogP contribution in [0.5, 0.6) is 11.5 Å². The van der Waals surface area contributed by atoms with E-state index in [1.54, 1.807) is 12.1 Å². The highest BCUT2D eigenvalue weighted by atomic mass is 16.6. The molecule has 30 heavy (non-hydrogen) atoms. The molecule has 1 atom stereocenters. The van der Waals surface area contributed by atoms with Crippen molar-refractivity contribution in [3.05, 3.63) is 24.3 Å². The molecule has 1 aliphatic carbocycles. The van der Waals surface area contributed by atoms with Crippen LogP contribution in [0.3, 0.4) is 0 Å². The second kappa shape index (κ2) is 8.21. The summed E-state index contributed by atoms with van der Waals surface area (Å²) in [5.74, 6) is -0.497. The average molecular weight is 417 g/mol. The molecule has 1 saturated carbocycles. The molecule has 0 unspecified atom stereocenters. The number of urea groups is 1. The molecule has 3 aliphatic rings. The van der Waals surface area contributed by atoms with E-state index in [9.17, 15) is 19.2 Å². The molecule has 1 aromatic carbocycles. The third kappa shape index (κ3) is 4.03. The molecule has 10 nitrogen and oxygen atoms in total. The smallest absolute Gasteiger partial charge is 0.326 e. The lowest BCUT2D eigenvalue weighted by atomic mass is 9.98. The number of para-hydroxylation sites is 2. The number of amides is 4. The van der Waals surface area contributed by atoms with Crippen LogP contribution in [0, 0.1) is 0 Å². The number of nitrogens with one attached hydrogen (secondary N) is 2. The summed E-state index contributed by atoms with van der Waals surface area (Å²) >= 11 is 0. The first-order chi connectivity index (χ1) is 14.5. The summed E-state index contributed by atoms with van der Waals surface area (Å²) in [7, 11) is 0. The fourth-order valence-electron chi connectivity index (χ4n) is 3.90. The van der Waals surface area contributed by atoms with Crippen molar-refractivity contribution < 1.29 is 33.4 Å². The zero-order chi connectivity index (χ0) is 21.1. The van der Waals surface area contributed by atoms with Crippen LogP contribution in [0.25, 0.3) is 0 Å². The predicted octanol–water partition coefficient (Wildman–Crippen LogP) is 0.350. The van der Waals surface area contributed by atoms with Crippen molar-refractivity contribution in [2.24, 2.45) is 0 Å². The van der Waals surface area contributed by atoms with Gasteiger partial charge >= 0.3 is 12.0 Å². The second-order valence-electron chi connectivity index (χ2n) is 7.57. The minimum absolute atomic E-state index is 0.181. The number of imide groups is 1. The number of esters is 1. The van der Waals surface area contributed by atoms with Crippen molar-refractivity contribution in [3.8, 4) is 11.5 Å². The zero-order valence-electron chi connectivity index (χ0n) is 16.3. The van der Waals surface area contributed by atoms with Crippen molar-refractivity contribution in [1.82, 2.24) is 15.5 Å². The first kappa shape index (κ1) is 20.0. The molecule has 10 heteroatoms. The van der Waals surface area contributed by atoms with Crippen LogP contribution in [-0.4, -0.2) is 66.7 Å². The summed E-state index contributed by atoms with van der Waals surface area (Å²) in [6, 6.07) is 6.63. The molecule has 1 spiro atoms. The molecule has 2 heterocycles. The normalized spacial score (nSPS) is 21.5. The van der Waals surface area contributed by atoms with Crippen LogP contribution in [0.15, 0.2) is 24.3 Å². The van der Waals surface area contributed by atoms with E-state index in [1.165, 1.54) is 0 Å². The van der Waals surface area contributed by atoms with E-state index in [0.717, 1.165) is 17.7 Å². The lowest BCUT2D eigenvalue weighted by Crippen LogP contribution is -2.44. The summed E-state index contributed by atoms with van der Waals surface area (Å²) in [4.78, 5) is 49.4. The largest absolute Gasteiger partial charge is 0.486 e. The zero-order valence-corrected chi connectivity index (χ0v) is 16.3. The molecule has 2 N–H and O–H groups in total. The van der Waals surface area contributed by atoms with Crippen LogP contribution in [0.2, 0.25) is 0 Å². The number of hydrogen-bond acceptors (Lipinski definition) is 7. The van der Waals surface area contributed by atoms with Crippen LogP contribution in [0.1, 0.15) is 25.7 Å². The van der Waals surface area contributed by atoms with Gasteiger partial charge in [-0.25, -0.2) is 4.79 Å². The third-order valence-corrected chi connectivity index (χ3v) is 5.45. The van der Waals surface area contributed by atoms with E-state index < -0.39 is 42.5 Å². The first-order valence-electron chi connectivity index (χ1n) is 9.92. The minimum Gasteiger partial charge on any atom is -0.486 e. The molecule has 1 aromatic rings. The van der Waals surface area contributed by atoms with Gasteiger partial charge in [0.25, 0.3) is 11.8 Å². The Balaban J connectivity index is 1.19. The van der Waals surface area contributed by atoms with Gasteiger partial charge in [0.2, 0.25) is 0 Å². The fourth-order valence-corrected chi connectivity index (χ4v) is 3.90. The number of rotatable bonds is 6. The Morgan fingerprint density at radius 3 is 2.70 bits per heavy atom. The summed E-state index contributed by atoms with van der Waals surface area (Å²) in [6.07, 6.45) is 2.48. The van der Waals surface area contributed by atoms with E-state index in [2.05, 4.69) is 10.6 Å². The summed E-state index contributed by atoms with van der Waals surface area (Å²) in [5.41, 5.74) is -0.880. The number of hydrogen-bond donors (Lipinski definition) is 2. The molecule has 0 bridgehead atoms. The molecule has 0 aromatic heterocycles. The summed E-state index contributed by atoms with van der Waals surface area (Å²) in [6.45, 7) is -0.570.